The molecule has 2 aromatic rings. The second-order valence-corrected chi connectivity index (χ2v) is 5.15. The van der Waals surface area contributed by atoms with Gasteiger partial charge in [0.15, 0.2) is 0 Å². The second kappa shape index (κ2) is 5.19. The van der Waals surface area contributed by atoms with E-state index < -0.39 is 0 Å². The third-order valence-corrected chi connectivity index (χ3v) is 3.55. The van der Waals surface area contributed by atoms with Crippen LogP contribution in [0.2, 0.25) is 0 Å². The first-order valence-corrected chi connectivity index (χ1v) is 6.73. The number of H-pyrrole nitrogens is 1. The Morgan fingerprint density at radius 3 is 3.05 bits per heavy atom. The smallest absolute Gasteiger partial charge is 0.121 e. The minimum atomic E-state index is 0.702. The maximum absolute atomic E-state index is 5.78. The zero-order chi connectivity index (χ0) is 13.2. The maximum atomic E-state index is 5.78. The number of hydrogen-bond acceptors (Lipinski definition) is 4. The molecule has 5 nitrogen and oxygen atoms in total. The van der Waals surface area contributed by atoms with Gasteiger partial charge in [0.05, 0.1) is 24.2 Å². The van der Waals surface area contributed by atoms with Gasteiger partial charge < -0.3 is 15.5 Å². The number of hydrogen-bond donors (Lipinski definition) is 2. The highest BCUT2D eigenvalue weighted by Crippen LogP contribution is 2.28. The van der Waals surface area contributed by atoms with Gasteiger partial charge in [-0.25, -0.2) is 4.98 Å². The minimum Gasteiger partial charge on any atom is -0.399 e. The number of fused-ring (bicyclic) bond motifs is 1. The Morgan fingerprint density at radius 1 is 1.47 bits per heavy atom. The predicted octanol–water partition coefficient (Wildman–Crippen LogP) is 1.76. The van der Waals surface area contributed by atoms with Gasteiger partial charge in [-0.2, -0.15) is 0 Å². The molecule has 1 aliphatic rings. The Bertz CT molecular complexity index is 562. The van der Waals surface area contributed by atoms with Gasteiger partial charge >= 0.3 is 0 Å². The molecule has 0 radical (unpaired) electrons. The highest BCUT2D eigenvalue weighted by molar-refractivity contribution is 5.78. The van der Waals surface area contributed by atoms with E-state index in [0.717, 1.165) is 42.2 Å². The van der Waals surface area contributed by atoms with E-state index in [4.69, 9.17) is 10.5 Å². The van der Waals surface area contributed by atoms with Crippen LogP contribution in [0.15, 0.2) is 18.2 Å². The summed E-state index contributed by atoms with van der Waals surface area (Å²) in [6, 6.07) is 6.48. The molecule has 0 spiro atoms. The molecule has 0 atom stereocenters. The topological polar surface area (TPSA) is 67.2 Å². The van der Waals surface area contributed by atoms with E-state index in [1.165, 1.54) is 12.8 Å². The van der Waals surface area contributed by atoms with Gasteiger partial charge in [0.25, 0.3) is 0 Å². The summed E-state index contributed by atoms with van der Waals surface area (Å²) < 4.78 is 5.17. The number of anilines is 1. The van der Waals surface area contributed by atoms with Crippen LogP contribution in [-0.4, -0.2) is 41.2 Å². The summed E-state index contributed by atoms with van der Waals surface area (Å²) in [5, 5.41) is 0. The van der Waals surface area contributed by atoms with E-state index in [2.05, 4.69) is 14.9 Å². The number of nitrogen functional groups attached to an aromatic ring is 1. The predicted molar refractivity (Wildman–Crippen MR) is 75.8 cm³/mol. The first-order valence-electron chi connectivity index (χ1n) is 6.73. The van der Waals surface area contributed by atoms with Gasteiger partial charge in [-0.15, -0.1) is 0 Å². The standard InChI is InChI=1S/C14H20N4O/c1-19-7-6-18(11-3-4-11)9-14-16-12-5-2-10(15)8-13(12)17-14/h2,5,8,11H,3-4,6-7,9,15H2,1H3,(H,16,17). The fourth-order valence-corrected chi connectivity index (χ4v) is 2.39. The number of aromatic nitrogens is 2. The van der Waals surface area contributed by atoms with Crippen molar-refractivity contribution in [2.75, 3.05) is 26.0 Å². The van der Waals surface area contributed by atoms with Gasteiger partial charge in [0, 0.05) is 25.4 Å². The second-order valence-electron chi connectivity index (χ2n) is 5.15. The average molecular weight is 260 g/mol. The van der Waals surface area contributed by atoms with Crippen LogP contribution in [0.5, 0.6) is 0 Å². The van der Waals surface area contributed by atoms with Crippen LogP contribution in [0.3, 0.4) is 0 Å². The highest BCUT2D eigenvalue weighted by Gasteiger charge is 2.29. The zero-order valence-electron chi connectivity index (χ0n) is 11.2. The molecule has 0 saturated heterocycles. The van der Waals surface area contributed by atoms with Crippen molar-refractivity contribution in [2.24, 2.45) is 0 Å². The molecule has 1 heterocycles. The Kier molecular flexibility index (Phi) is 3.40. The molecule has 1 aliphatic carbocycles. The number of nitrogens with two attached hydrogens (primary N) is 1. The van der Waals surface area contributed by atoms with Crippen molar-refractivity contribution in [3.05, 3.63) is 24.0 Å². The van der Waals surface area contributed by atoms with Gasteiger partial charge in [0.2, 0.25) is 0 Å². The largest absolute Gasteiger partial charge is 0.399 e. The molecule has 3 N–H and O–H groups in total. The Morgan fingerprint density at radius 2 is 2.32 bits per heavy atom. The Hall–Kier alpha value is -1.59. The van der Waals surface area contributed by atoms with Crippen LogP contribution in [-0.2, 0) is 11.3 Å². The lowest BCUT2D eigenvalue weighted by molar-refractivity contribution is 0.138. The third kappa shape index (κ3) is 2.88. The number of ether oxygens (including phenoxy) is 1. The molecule has 0 amide bonds. The quantitative estimate of drug-likeness (QED) is 0.777. The molecule has 1 aromatic carbocycles. The monoisotopic (exact) mass is 260 g/mol. The van der Waals surface area contributed by atoms with Crippen LogP contribution < -0.4 is 5.73 Å². The molecule has 3 rings (SSSR count). The van der Waals surface area contributed by atoms with Crippen molar-refractivity contribution in [3.63, 3.8) is 0 Å². The molecule has 19 heavy (non-hydrogen) atoms. The number of methoxy groups -OCH3 is 1. The molecule has 0 aliphatic heterocycles. The summed E-state index contributed by atoms with van der Waals surface area (Å²) in [6.45, 7) is 2.58. The van der Waals surface area contributed by atoms with Crippen LogP contribution in [0.1, 0.15) is 18.7 Å². The van der Waals surface area contributed by atoms with Crippen molar-refractivity contribution in [1.82, 2.24) is 14.9 Å². The molecule has 0 bridgehead atoms. The van der Waals surface area contributed by atoms with Crippen molar-refractivity contribution in [2.45, 2.75) is 25.4 Å². The first kappa shape index (κ1) is 12.4. The zero-order valence-corrected chi connectivity index (χ0v) is 11.2. The molecule has 0 unspecified atom stereocenters. The summed E-state index contributed by atoms with van der Waals surface area (Å²) in [5.74, 6) is 1.00. The van der Waals surface area contributed by atoms with Crippen LogP contribution in [0.4, 0.5) is 5.69 Å². The molecule has 1 fully saturated rings. The molecule has 1 saturated carbocycles. The molecular formula is C14H20N4O. The number of nitrogens with one attached hydrogen (secondary N) is 1. The lowest BCUT2D eigenvalue weighted by Crippen LogP contribution is -2.29. The summed E-state index contributed by atoms with van der Waals surface area (Å²) in [7, 11) is 1.75. The number of benzene rings is 1. The number of aromatic amines is 1. The van der Waals surface area contributed by atoms with Gasteiger partial charge in [0.1, 0.15) is 5.82 Å². The van der Waals surface area contributed by atoms with E-state index in [-0.39, 0.29) is 0 Å². The molecule has 1 aromatic heterocycles. The SMILES string of the molecule is COCCN(Cc1nc2ccc(N)cc2[nH]1)C1CC1. The molecule has 102 valence electrons. The van der Waals surface area contributed by atoms with Crippen LogP contribution >= 0.6 is 0 Å². The average Bonchev–Trinajstić information content (AvgIpc) is 3.15. The third-order valence-electron chi connectivity index (χ3n) is 3.55. The Balaban J connectivity index is 1.75. The number of imidazole rings is 1. The van der Waals surface area contributed by atoms with Crippen molar-refractivity contribution in [3.8, 4) is 0 Å². The van der Waals surface area contributed by atoms with Crippen molar-refractivity contribution >= 4 is 16.7 Å². The van der Waals surface area contributed by atoms with E-state index in [1.807, 2.05) is 18.2 Å². The van der Waals surface area contributed by atoms with E-state index in [0.29, 0.717) is 6.04 Å². The van der Waals surface area contributed by atoms with Gasteiger partial charge in [-0.1, -0.05) is 0 Å². The summed E-state index contributed by atoms with van der Waals surface area (Å²) in [5.41, 5.74) is 8.54. The normalized spacial score (nSPS) is 15.5. The van der Waals surface area contributed by atoms with Gasteiger partial charge in [-0.05, 0) is 31.0 Å². The van der Waals surface area contributed by atoms with E-state index in [1.54, 1.807) is 7.11 Å². The highest BCUT2D eigenvalue weighted by atomic mass is 16.5. The maximum Gasteiger partial charge on any atom is 0.121 e. The summed E-state index contributed by atoms with van der Waals surface area (Å²) in [6.07, 6.45) is 2.58. The first-order chi connectivity index (χ1) is 9.26. The van der Waals surface area contributed by atoms with Crippen molar-refractivity contribution < 1.29 is 4.74 Å². The Labute approximate surface area is 112 Å². The van der Waals surface area contributed by atoms with E-state index in [9.17, 15) is 0 Å². The van der Waals surface area contributed by atoms with Crippen LogP contribution in [0, 0.1) is 0 Å². The summed E-state index contributed by atoms with van der Waals surface area (Å²) >= 11 is 0. The molecular weight excluding hydrogens is 240 g/mol. The van der Waals surface area contributed by atoms with Crippen molar-refractivity contribution in [1.29, 1.82) is 0 Å². The molecule has 5 heteroatoms. The lowest BCUT2D eigenvalue weighted by atomic mass is 10.3. The van der Waals surface area contributed by atoms with Crippen LogP contribution in [0.25, 0.3) is 11.0 Å². The minimum absolute atomic E-state index is 0.702. The fourth-order valence-electron chi connectivity index (χ4n) is 2.39. The van der Waals surface area contributed by atoms with E-state index >= 15 is 0 Å². The number of nitrogens with zero attached hydrogens (tertiary/aromatic N) is 2. The number of rotatable bonds is 6. The fraction of sp³-hybridized carbons (Fsp3) is 0.500. The summed E-state index contributed by atoms with van der Waals surface area (Å²) in [4.78, 5) is 10.4. The lowest BCUT2D eigenvalue weighted by Gasteiger charge is -2.19. The van der Waals surface area contributed by atoms with Gasteiger partial charge in [-0.3, -0.25) is 4.90 Å².